The maximum absolute atomic E-state index is 2.60. The van der Waals surface area contributed by atoms with E-state index in [1.807, 2.05) is 0 Å². The zero-order valence-corrected chi connectivity index (χ0v) is 29.8. The van der Waals surface area contributed by atoms with Gasteiger partial charge in [-0.15, -0.1) is 0 Å². The molecule has 0 aliphatic rings. The van der Waals surface area contributed by atoms with Crippen molar-refractivity contribution >= 4 is 79.1 Å². The predicted octanol–water partition coefficient (Wildman–Crippen LogP) is 11.3. The molecule has 0 aliphatic heterocycles. The fraction of sp³-hybridized carbons (Fsp3) is 0. The van der Waals surface area contributed by atoms with E-state index in [1.54, 1.807) is 0 Å². The molecule has 0 amide bonds. The normalized spacial score (nSPS) is 11.8. The van der Waals surface area contributed by atoms with Crippen LogP contribution in [0.2, 0.25) is 0 Å². The van der Waals surface area contributed by atoms with Gasteiger partial charge in [0.2, 0.25) is 0 Å². The second-order valence-electron chi connectivity index (χ2n) is 13.3. The molecule has 0 atom stereocenters. The first-order chi connectivity index (χ1) is 25.8. The van der Waals surface area contributed by atoms with E-state index in [0.29, 0.717) is 0 Å². The number of benzene rings is 9. The van der Waals surface area contributed by atoms with Crippen LogP contribution in [0.15, 0.2) is 218 Å². The Bertz CT molecular complexity index is 2520. The van der Waals surface area contributed by atoms with Crippen LogP contribution in [0.1, 0.15) is 5.56 Å². The summed E-state index contributed by atoms with van der Waals surface area (Å²) in [6, 6.07) is 77.4. The molecular weight excluding hydrogens is 643 g/mol. The summed E-state index contributed by atoms with van der Waals surface area (Å²) in [5.41, 5.74) is 7.21. The van der Waals surface area contributed by atoms with Crippen LogP contribution in [0.5, 0.6) is 0 Å². The lowest BCUT2D eigenvalue weighted by Gasteiger charge is -2.31. The van der Waals surface area contributed by atoms with E-state index in [1.165, 1.54) is 53.4 Å². The second kappa shape index (κ2) is 13.7. The van der Waals surface area contributed by atoms with Gasteiger partial charge >= 0.3 is 0 Å². The van der Waals surface area contributed by atoms with Crippen molar-refractivity contribution in [1.29, 1.82) is 0 Å². The van der Waals surface area contributed by atoms with E-state index in [0.717, 1.165) is 17.1 Å². The zero-order valence-electron chi connectivity index (χ0n) is 28.8. The van der Waals surface area contributed by atoms with Crippen LogP contribution < -0.4 is 20.5 Å². The number of para-hydroxylation sites is 2. The first-order valence-corrected chi connectivity index (χ1v) is 20.0. The molecule has 0 aromatic heterocycles. The maximum atomic E-state index is 2.56. The standard InChI is InChI=1S/C50H37NSi/c1-6-20-39(21-7-1)51(40-22-8-2-9-23-40)50-37-49-45-31-17-16-30-44(45)38(36-48(49)46-32-18-19-33-47(46)50)34-35-52(41-24-10-3-11-25-41,42-26-12-4-13-27-42)43-28-14-5-15-29-43/h1-37H/b35-34+. The van der Waals surface area contributed by atoms with Gasteiger partial charge < -0.3 is 4.90 Å². The molecule has 246 valence electrons. The van der Waals surface area contributed by atoms with Crippen molar-refractivity contribution in [3.63, 3.8) is 0 Å². The van der Waals surface area contributed by atoms with Crippen molar-refractivity contribution < 1.29 is 0 Å². The number of anilines is 3. The molecule has 0 fully saturated rings. The average molecular weight is 680 g/mol. The van der Waals surface area contributed by atoms with Crippen molar-refractivity contribution in [2.45, 2.75) is 0 Å². The van der Waals surface area contributed by atoms with Crippen LogP contribution in [0.3, 0.4) is 0 Å². The molecule has 0 heterocycles. The average Bonchev–Trinajstić information content (AvgIpc) is 3.23. The molecule has 9 rings (SSSR count). The minimum Gasteiger partial charge on any atom is -0.310 e. The third-order valence-electron chi connectivity index (χ3n) is 10.4. The highest BCUT2D eigenvalue weighted by atomic mass is 28.3. The van der Waals surface area contributed by atoms with Gasteiger partial charge in [0, 0.05) is 16.8 Å². The van der Waals surface area contributed by atoms with Crippen molar-refractivity contribution in [3.05, 3.63) is 224 Å². The third kappa shape index (κ3) is 5.51. The van der Waals surface area contributed by atoms with Gasteiger partial charge in [0.25, 0.3) is 0 Å². The topological polar surface area (TPSA) is 3.24 Å². The van der Waals surface area contributed by atoms with Crippen molar-refractivity contribution in [3.8, 4) is 0 Å². The van der Waals surface area contributed by atoms with E-state index in [-0.39, 0.29) is 0 Å². The lowest BCUT2D eigenvalue weighted by Crippen LogP contribution is -2.66. The van der Waals surface area contributed by atoms with Crippen LogP contribution >= 0.6 is 0 Å². The van der Waals surface area contributed by atoms with Gasteiger partial charge in [-0.3, -0.25) is 0 Å². The van der Waals surface area contributed by atoms with Gasteiger partial charge in [0.15, 0.2) is 8.07 Å². The van der Waals surface area contributed by atoms with E-state index in [2.05, 4.69) is 229 Å². The third-order valence-corrected chi connectivity index (χ3v) is 14.8. The van der Waals surface area contributed by atoms with Crippen LogP contribution in [-0.2, 0) is 0 Å². The van der Waals surface area contributed by atoms with Crippen LogP contribution in [0, 0.1) is 0 Å². The summed E-state index contributed by atoms with van der Waals surface area (Å²) in [6.45, 7) is 0. The minimum absolute atomic E-state index is 1.13. The summed E-state index contributed by atoms with van der Waals surface area (Å²) in [7, 11) is -2.60. The Hall–Kier alpha value is -6.48. The highest BCUT2D eigenvalue weighted by Gasteiger charge is 2.36. The molecule has 9 aromatic carbocycles. The first-order valence-electron chi connectivity index (χ1n) is 17.9. The second-order valence-corrected chi connectivity index (χ2v) is 17.0. The molecule has 1 nitrogen and oxygen atoms in total. The number of nitrogens with zero attached hydrogens (tertiary/aromatic N) is 1. The van der Waals surface area contributed by atoms with Crippen LogP contribution in [0.25, 0.3) is 38.4 Å². The smallest absolute Gasteiger partial charge is 0.172 e. The largest absolute Gasteiger partial charge is 0.310 e. The molecular formula is C50H37NSi. The van der Waals surface area contributed by atoms with E-state index >= 15 is 0 Å². The Labute approximate surface area is 306 Å². The SMILES string of the molecule is C(=C\[Si](c1ccccc1)(c1ccccc1)c1ccccc1)/c1cc2c3ccccc3c(N(c3ccccc3)c3ccccc3)cc2c2ccccc12. The molecule has 52 heavy (non-hydrogen) atoms. The fourth-order valence-corrected chi connectivity index (χ4v) is 12.1. The number of fused-ring (bicyclic) bond motifs is 5. The molecule has 2 heteroatoms. The fourth-order valence-electron chi connectivity index (χ4n) is 7.97. The summed E-state index contributed by atoms with van der Waals surface area (Å²) in [5.74, 6) is 0. The molecule has 0 spiro atoms. The quantitative estimate of drug-likeness (QED) is 0.0878. The Morgan fingerprint density at radius 1 is 0.327 bits per heavy atom. The molecule has 0 radical (unpaired) electrons. The highest BCUT2D eigenvalue weighted by molar-refractivity contribution is 7.15. The summed E-state index contributed by atoms with van der Waals surface area (Å²) in [6.07, 6.45) is 2.42. The minimum atomic E-state index is -2.60. The van der Waals surface area contributed by atoms with Gasteiger partial charge in [-0.1, -0.05) is 188 Å². The summed E-state index contributed by atoms with van der Waals surface area (Å²) in [5, 5.41) is 11.6. The molecule has 0 saturated carbocycles. The maximum Gasteiger partial charge on any atom is 0.172 e. The van der Waals surface area contributed by atoms with Gasteiger partial charge in [-0.2, -0.15) is 0 Å². The van der Waals surface area contributed by atoms with Crippen molar-refractivity contribution in [1.82, 2.24) is 0 Å². The van der Waals surface area contributed by atoms with E-state index in [9.17, 15) is 0 Å². The molecule has 0 unspecified atom stereocenters. The molecule has 0 N–H and O–H groups in total. The van der Waals surface area contributed by atoms with Gasteiger partial charge in [-0.25, -0.2) is 0 Å². The Kier molecular flexibility index (Phi) is 8.28. The molecule has 0 bridgehead atoms. The highest BCUT2D eigenvalue weighted by Crippen LogP contribution is 2.44. The number of rotatable bonds is 8. The van der Waals surface area contributed by atoms with Crippen molar-refractivity contribution in [2.24, 2.45) is 0 Å². The summed E-state index contributed by atoms with van der Waals surface area (Å²) >= 11 is 0. The van der Waals surface area contributed by atoms with Gasteiger partial charge in [0.05, 0.1) is 5.69 Å². The van der Waals surface area contributed by atoms with Gasteiger partial charge in [0.1, 0.15) is 0 Å². The zero-order chi connectivity index (χ0) is 34.7. The molecule has 0 saturated heterocycles. The molecule has 9 aromatic rings. The van der Waals surface area contributed by atoms with E-state index in [4.69, 9.17) is 0 Å². The predicted molar refractivity (Wildman–Crippen MR) is 227 cm³/mol. The Morgan fingerprint density at radius 2 is 0.692 bits per heavy atom. The molecule has 0 aliphatic carbocycles. The lowest BCUT2D eigenvalue weighted by atomic mass is 9.92. The first kappa shape index (κ1) is 31.5. The van der Waals surface area contributed by atoms with Crippen LogP contribution in [-0.4, -0.2) is 8.07 Å². The lowest BCUT2D eigenvalue weighted by molar-refractivity contribution is 1.30. The summed E-state index contributed by atoms with van der Waals surface area (Å²) in [4.78, 5) is 2.39. The van der Waals surface area contributed by atoms with Gasteiger partial charge in [-0.05, 0) is 84.5 Å². The van der Waals surface area contributed by atoms with Crippen molar-refractivity contribution in [2.75, 3.05) is 4.90 Å². The Balaban J connectivity index is 1.32. The monoisotopic (exact) mass is 679 g/mol. The number of hydrogen-bond donors (Lipinski definition) is 0. The van der Waals surface area contributed by atoms with E-state index < -0.39 is 8.07 Å². The summed E-state index contributed by atoms with van der Waals surface area (Å²) < 4.78 is 0. The number of hydrogen-bond acceptors (Lipinski definition) is 1. The Morgan fingerprint density at radius 3 is 1.17 bits per heavy atom. The van der Waals surface area contributed by atoms with Crippen LogP contribution in [0.4, 0.5) is 17.1 Å².